The van der Waals surface area contributed by atoms with Crippen molar-refractivity contribution in [3.8, 4) is 0 Å². The predicted molar refractivity (Wildman–Crippen MR) is 68.5 cm³/mol. The number of carbonyl (C=O) groups is 1. The summed E-state index contributed by atoms with van der Waals surface area (Å²) in [5.41, 5.74) is -0.699. The zero-order valence-corrected chi connectivity index (χ0v) is 11.5. The van der Waals surface area contributed by atoms with Gasteiger partial charge in [-0.3, -0.25) is 4.79 Å². The van der Waals surface area contributed by atoms with E-state index < -0.39 is 5.60 Å². The van der Waals surface area contributed by atoms with E-state index in [9.17, 15) is 9.90 Å². The summed E-state index contributed by atoms with van der Waals surface area (Å²) in [4.78, 5) is 13.7. The lowest BCUT2D eigenvalue weighted by atomic mass is 9.82. The van der Waals surface area contributed by atoms with Crippen LogP contribution in [0.4, 0.5) is 0 Å². The molecule has 3 nitrogen and oxygen atoms in total. The third-order valence-corrected chi connectivity index (χ3v) is 4.28. The van der Waals surface area contributed by atoms with Gasteiger partial charge in [0.15, 0.2) is 0 Å². The number of hydrogen-bond donors (Lipinski definition) is 1. The van der Waals surface area contributed by atoms with E-state index in [0.29, 0.717) is 19.5 Å². The molecule has 0 saturated carbocycles. The molecule has 0 bridgehead atoms. The van der Waals surface area contributed by atoms with E-state index in [0.717, 1.165) is 5.75 Å². The van der Waals surface area contributed by atoms with Crippen LogP contribution < -0.4 is 0 Å². The van der Waals surface area contributed by atoms with Gasteiger partial charge in [0.25, 0.3) is 0 Å². The number of thioether (sulfide) groups is 1. The molecule has 0 spiro atoms. The first-order valence-corrected chi connectivity index (χ1v) is 7.30. The lowest BCUT2D eigenvalue weighted by Gasteiger charge is -2.31. The Labute approximate surface area is 103 Å². The third-order valence-electron chi connectivity index (χ3n) is 3.66. The summed E-state index contributed by atoms with van der Waals surface area (Å²) in [6, 6.07) is 0. The number of nitrogens with zero attached hydrogens (tertiary/aromatic N) is 1. The second-order valence-electron chi connectivity index (χ2n) is 5.06. The summed E-state index contributed by atoms with van der Waals surface area (Å²) in [6.07, 6.45) is 2.59. The average Bonchev–Trinajstić information content (AvgIpc) is 2.53. The first kappa shape index (κ1) is 13.8. The van der Waals surface area contributed by atoms with Gasteiger partial charge in [-0.1, -0.05) is 20.8 Å². The predicted octanol–water partition coefficient (Wildman–Crippen LogP) is 1.60. The van der Waals surface area contributed by atoms with Gasteiger partial charge in [0.1, 0.15) is 0 Å². The highest BCUT2D eigenvalue weighted by Gasteiger charge is 2.45. The number of carbonyl (C=O) groups excluding carboxylic acids is 1. The minimum Gasteiger partial charge on any atom is -0.387 e. The van der Waals surface area contributed by atoms with Crippen molar-refractivity contribution in [3.05, 3.63) is 0 Å². The van der Waals surface area contributed by atoms with Gasteiger partial charge in [0.2, 0.25) is 5.91 Å². The lowest BCUT2D eigenvalue weighted by molar-refractivity contribution is -0.131. The minimum absolute atomic E-state index is 0.172. The van der Waals surface area contributed by atoms with Crippen molar-refractivity contribution >= 4 is 17.7 Å². The molecule has 1 N–H and O–H groups in total. The molecule has 1 heterocycles. The zero-order chi connectivity index (χ0) is 12.3. The van der Waals surface area contributed by atoms with Crippen LogP contribution in [0.1, 0.15) is 27.2 Å². The van der Waals surface area contributed by atoms with Crippen LogP contribution in [0.2, 0.25) is 0 Å². The Morgan fingerprint density at radius 2 is 2.25 bits per heavy atom. The van der Waals surface area contributed by atoms with Crippen LogP contribution in [0.25, 0.3) is 0 Å². The van der Waals surface area contributed by atoms with E-state index in [1.54, 1.807) is 11.8 Å². The van der Waals surface area contributed by atoms with E-state index in [2.05, 4.69) is 0 Å². The molecule has 0 aromatic carbocycles. The Balaban J connectivity index is 2.59. The van der Waals surface area contributed by atoms with E-state index in [-0.39, 0.29) is 17.7 Å². The Hall–Kier alpha value is -0.220. The van der Waals surface area contributed by atoms with Crippen molar-refractivity contribution in [1.82, 2.24) is 4.90 Å². The number of likely N-dealkylation sites (tertiary alicyclic amines) is 1. The summed E-state index contributed by atoms with van der Waals surface area (Å²) in [5.74, 6) is 1.41. The molecule has 0 unspecified atom stereocenters. The topological polar surface area (TPSA) is 40.5 Å². The highest BCUT2D eigenvalue weighted by atomic mass is 32.2. The normalized spacial score (nSPS) is 30.1. The smallest absolute Gasteiger partial charge is 0.223 e. The van der Waals surface area contributed by atoms with Crippen LogP contribution in [0, 0.1) is 11.8 Å². The lowest BCUT2D eigenvalue weighted by Crippen LogP contribution is -2.43. The summed E-state index contributed by atoms with van der Waals surface area (Å²) in [5, 5.41) is 10.5. The summed E-state index contributed by atoms with van der Waals surface area (Å²) < 4.78 is 0. The van der Waals surface area contributed by atoms with Crippen LogP contribution >= 0.6 is 11.8 Å². The molecule has 1 rings (SSSR count). The number of aliphatic hydroxyl groups is 1. The Morgan fingerprint density at radius 3 is 2.69 bits per heavy atom. The standard InChI is InChI=1S/C12H23NO2S/c1-9(2)12(15)8-13(7-10(12)3)11(14)5-6-16-4/h9-10,15H,5-8H2,1-4H3/t10-,12-/m1/s1. The Morgan fingerprint density at radius 1 is 1.62 bits per heavy atom. The molecule has 94 valence electrons. The Bertz CT molecular complexity index is 257. The number of rotatable bonds is 4. The van der Waals surface area contributed by atoms with Crippen LogP contribution in [0.5, 0.6) is 0 Å². The van der Waals surface area contributed by atoms with Crippen LogP contribution in [0.3, 0.4) is 0 Å². The van der Waals surface area contributed by atoms with Gasteiger partial charge in [0.05, 0.1) is 5.60 Å². The molecule has 0 radical (unpaired) electrons. The van der Waals surface area contributed by atoms with Crippen molar-refractivity contribution in [3.63, 3.8) is 0 Å². The Kier molecular flexibility index (Phi) is 4.68. The quantitative estimate of drug-likeness (QED) is 0.818. The van der Waals surface area contributed by atoms with Gasteiger partial charge in [-0.05, 0) is 12.2 Å². The molecular formula is C12H23NO2S. The van der Waals surface area contributed by atoms with Gasteiger partial charge in [-0.2, -0.15) is 11.8 Å². The summed E-state index contributed by atoms with van der Waals surface area (Å²) in [7, 11) is 0. The van der Waals surface area contributed by atoms with Crippen molar-refractivity contribution in [2.75, 3.05) is 25.1 Å². The molecule has 16 heavy (non-hydrogen) atoms. The number of amides is 1. The summed E-state index contributed by atoms with van der Waals surface area (Å²) >= 11 is 1.69. The molecule has 4 heteroatoms. The third kappa shape index (κ3) is 2.72. The maximum absolute atomic E-state index is 11.9. The molecular weight excluding hydrogens is 222 g/mol. The number of hydrogen-bond acceptors (Lipinski definition) is 3. The van der Waals surface area contributed by atoms with Crippen LogP contribution in [-0.2, 0) is 4.79 Å². The molecule has 1 aliphatic rings. The van der Waals surface area contributed by atoms with Gasteiger partial charge in [-0.25, -0.2) is 0 Å². The van der Waals surface area contributed by atoms with E-state index >= 15 is 0 Å². The zero-order valence-electron chi connectivity index (χ0n) is 10.7. The van der Waals surface area contributed by atoms with Gasteiger partial charge in [-0.15, -0.1) is 0 Å². The molecule has 2 atom stereocenters. The van der Waals surface area contributed by atoms with Crippen molar-refractivity contribution in [2.45, 2.75) is 32.8 Å². The fourth-order valence-electron chi connectivity index (χ4n) is 2.30. The number of β-amino-alcohol motifs (C(OH)–C–C–N with tert-alkyl or cyclic N) is 1. The van der Waals surface area contributed by atoms with Gasteiger partial charge in [0, 0.05) is 31.2 Å². The second kappa shape index (κ2) is 5.41. The maximum Gasteiger partial charge on any atom is 0.223 e. The molecule has 1 fully saturated rings. The fraction of sp³-hybridized carbons (Fsp3) is 0.917. The van der Waals surface area contributed by atoms with Gasteiger partial charge >= 0.3 is 0 Å². The highest BCUT2D eigenvalue weighted by molar-refractivity contribution is 7.98. The van der Waals surface area contributed by atoms with E-state index in [1.807, 2.05) is 31.9 Å². The maximum atomic E-state index is 11.9. The molecule has 0 aliphatic carbocycles. The SMILES string of the molecule is CSCCC(=O)N1C[C@@H](C)[C@](O)(C(C)C)C1. The molecule has 1 aliphatic heterocycles. The monoisotopic (exact) mass is 245 g/mol. The minimum atomic E-state index is -0.699. The summed E-state index contributed by atoms with van der Waals surface area (Å²) in [6.45, 7) is 7.27. The molecule has 0 aromatic heterocycles. The fourth-order valence-corrected chi connectivity index (χ4v) is 2.68. The molecule has 1 amide bonds. The second-order valence-corrected chi connectivity index (χ2v) is 6.05. The highest BCUT2D eigenvalue weighted by Crippen LogP contribution is 2.34. The van der Waals surface area contributed by atoms with E-state index in [1.165, 1.54) is 0 Å². The van der Waals surface area contributed by atoms with E-state index in [4.69, 9.17) is 0 Å². The van der Waals surface area contributed by atoms with Crippen molar-refractivity contribution in [2.24, 2.45) is 11.8 Å². The molecule has 1 saturated heterocycles. The largest absolute Gasteiger partial charge is 0.387 e. The first-order valence-electron chi connectivity index (χ1n) is 5.91. The van der Waals surface area contributed by atoms with Crippen molar-refractivity contribution < 1.29 is 9.90 Å². The van der Waals surface area contributed by atoms with Gasteiger partial charge < -0.3 is 10.0 Å². The first-order chi connectivity index (χ1) is 7.41. The van der Waals surface area contributed by atoms with Crippen molar-refractivity contribution in [1.29, 1.82) is 0 Å². The molecule has 0 aromatic rings. The van der Waals surface area contributed by atoms with Crippen LogP contribution in [-0.4, -0.2) is 46.6 Å². The van der Waals surface area contributed by atoms with Crippen LogP contribution in [0.15, 0.2) is 0 Å². The average molecular weight is 245 g/mol.